The summed E-state index contributed by atoms with van der Waals surface area (Å²) in [5, 5.41) is 3.41. The van der Waals surface area contributed by atoms with Crippen LogP contribution in [-0.4, -0.2) is 94.1 Å². The first-order valence-electron chi connectivity index (χ1n) is 23.1. The molecule has 13 nitrogen and oxygen atoms in total. The Morgan fingerprint density at radius 2 is 1.69 bits per heavy atom. The van der Waals surface area contributed by atoms with E-state index in [0.717, 1.165) is 52.1 Å². The Balaban J connectivity index is 0.855. The third-order valence-corrected chi connectivity index (χ3v) is 14.9. The quantitative estimate of drug-likeness (QED) is 0.148. The zero-order valence-electron chi connectivity index (χ0n) is 37.7. The van der Waals surface area contributed by atoms with Crippen LogP contribution >= 0.6 is 0 Å². The van der Waals surface area contributed by atoms with Crippen molar-refractivity contribution in [3.8, 4) is 17.4 Å². The molecule has 6 aromatic rings. The summed E-state index contributed by atoms with van der Waals surface area (Å²) in [7, 11) is 1.61. The molecular weight excluding hydrogens is 824 g/mol. The number of carbonyl (C=O) groups excluding carboxylic acids is 2. The third-order valence-electron chi connectivity index (χ3n) is 14.9. The van der Waals surface area contributed by atoms with Crippen LogP contribution < -0.4 is 20.1 Å². The summed E-state index contributed by atoms with van der Waals surface area (Å²) in [5.74, 6) is -0.228. The smallest absolute Gasteiger partial charge is 0.318 e. The highest BCUT2D eigenvalue weighted by molar-refractivity contribution is 5.97. The molecule has 2 unspecified atom stereocenters. The number of rotatable bonds is 8. The van der Waals surface area contributed by atoms with E-state index in [1.54, 1.807) is 11.7 Å². The van der Waals surface area contributed by atoms with E-state index < -0.39 is 5.92 Å². The molecule has 0 bridgehead atoms. The number of cyclic esters (lactones) is 1. The number of anilines is 2. The number of ether oxygens (including phenoxy) is 2. The van der Waals surface area contributed by atoms with Crippen molar-refractivity contribution in [3.63, 3.8) is 0 Å². The third kappa shape index (κ3) is 6.57. The lowest BCUT2D eigenvalue weighted by atomic mass is 9.81. The minimum absolute atomic E-state index is 0.0555. The fourth-order valence-electron chi connectivity index (χ4n) is 11.5. The first-order valence-corrected chi connectivity index (χ1v) is 23.1. The van der Waals surface area contributed by atoms with Gasteiger partial charge in [-0.25, -0.2) is 9.37 Å². The van der Waals surface area contributed by atoms with Gasteiger partial charge >= 0.3 is 12.0 Å². The number of piperazine rings is 1. The van der Waals surface area contributed by atoms with E-state index in [0.29, 0.717) is 105 Å². The molecule has 1 amide bonds. The summed E-state index contributed by atoms with van der Waals surface area (Å²) in [5.41, 5.74) is 10.9. The van der Waals surface area contributed by atoms with Crippen molar-refractivity contribution in [1.29, 1.82) is 0 Å². The SMILES string of the molecule is CCC1C(=O)OCc2c1cc1n(c2=O)Cc2c-1nc1cc(F)c(C)c3c1c2C(N(CC)CC(=O)N1CCN(c2nc(OC)nc4c2CCN(c2cccc5cccc(C)c25)C4)CC1)CC3. The predicted octanol–water partition coefficient (Wildman–Crippen LogP) is 6.90. The highest BCUT2D eigenvalue weighted by Gasteiger charge is 2.39. The van der Waals surface area contributed by atoms with E-state index in [9.17, 15) is 14.4 Å². The van der Waals surface area contributed by atoms with Gasteiger partial charge in [-0.1, -0.05) is 44.2 Å². The molecular formula is C51H53FN8O5. The molecule has 0 spiro atoms. The number of aryl methyl sites for hydroxylation is 2. The number of hydrogen-bond acceptors (Lipinski definition) is 11. The van der Waals surface area contributed by atoms with Gasteiger partial charge in [0, 0.05) is 72.4 Å². The van der Waals surface area contributed by atoms with E-state index in [2.05, 4.69) is 64.9 Å². The average Bonchev–Trinajstić information content (AvgIpc) is 3.70. The molecule has 7 heterocycles. The molecule has 65 heavy (non-hydrogen) atoms. The molecule has 3 aromatic carbocycles. The van der Waals surface area contributed by atoms with Crippen LogP contribution in [0.2, 0.25) is 0 Å². The van der Waals surface area contributed by atoms with Crippen LogP contribution in [0.15, 0.2) is 53.3 Å². The van der Waals surface area contributed by atoms with Gasteiger partial charge in [0.2, 0.25) is 5.91 Å². The van der Waals surface area contributed by atoms with E-state index in [1.807, 2.05) is 24.8 Å². The summed E-state index contributed by atoms with van der Waals surface area (Å²) in [4.78, 5) is 65.1. The van der Waals surface area contributed by atoms with E-state index in [-0.39, 0.29) is 42.4 Å². The number of aromatic nitrogens is 4. The lowest BCUT2D eigenvalue weighted by Crippen LogP contribution is -2.52. The van der Waals surface area contributed by atoms with Gasteiger partial charge in [-0.05, 0) is 91.4 Å². The summed E-state index contributed by atoms with van der Waals surface area (Å²) in [6, 6.07) is 16.6. The van der Waals surface area contributed by atoms with Crippen LogP contribution in [0, 0.1) is 19.7 Å². The number of methoxy groups -OCH3 is 1. The van der Waals surface area contributed by atoms with Crippen LogP contribution in [0.5, 0.6) is 6.01 Å². The maximum atomic E-state index is 15.6. The van der Waals surface area contributed by atoms with Crippen molar-refractivity contribution >= 4 is 45.1 Å². The number of amides is 1. The number of hydrogen-bond donors (Lipinski definition) is 0. The summed E-state index contributed by atoms with van der Waals surface area (Å²) >= 11 is 0. The molecule has 0 N–H and O–H groups in total. The van der Waals surface area contributed by atoms with Gasteiger partial charge in [0.1, 0.15) is 18.2 Å². The number of benzene rings is 3. The van der Waals surface area contributed by atoms with Crippen molar-refractivity contribution in [1.82, 2.24) is 29.3 Å². The lowest BCUT2D eigenvalue weighted by molar-refractivity contribution is -0.148. The molecule has 0 saturated carbocycles. The maximum Gasteiger partial charge on any atom is 0.318 e. The molecule has 1 fully saturated rings. The van der Waals surface area contributed by atoms with Gasteiger partial charge in [-0.3, -0.25) is 19.3 Å². The zero-order valence-corrected chi connectivity index (χ0v) is 37.7. The largest absolute Gasteiger partial charge is 0.467 e. The highest BCUT2D eigenvalue weighted by Crippen LogP contribution is 2.47. The first kappa shape index (κ1) is 41.3. The van der Waals surface area contributed by atoms with Crippen molar-refractivity contribution < 1.29 is 23.5 Å². The standard InChI is InChI=1S/C51H53FN8O5/c1-6-31-34-22-42-47-35(24-60(42)49(62)36(34)27-65-50(31)63)46-41(15-14-32-29(4)37(52)23-38(53-47)45(32)46)56(7-2)26-43(61)57-18-20-58(21-19-57)48-33-16-17-59(25-39(33)54-51(55-48)64-5)40-13-9-12-30-11-8-10-28(3)44(30)40/h8-13,22-23,31,41H,6-7,14-21,24-27H2,1-5H3. The lowest BCUT2D eigenvalue weighted by Gasteiger charge is -2.40. The Bertz CT molecular complexity index is 3050. The Morgan fingerprint density at radius 3 is 2.46 bits per heavy atom. The Kier molecular flexibility index (Phi) is 10.1. The Labute approximate surface area is 376 Å². The second kappa shape index (κ2) is 15.9. The summed E-state index contributed by atoms with van der Waals surface area (Å²) in [6.07, 6.45) is 2.63. The van der Waals surface area contributed by atoms with E-state index >= 15 is 4.39 Å². The van der Waals surface area contributed by atoms with E-state index in [4.69, 9.17) is 24.4 Å². The number of halogens is 1. The number of pyridine rings is 2. The molecule has 1 saturated heterocycles. The number of carbonyl (C=O) groups is 2. The highest BCUT2D eigenvalue weighted by atomic mass is 19.1. The van der Waals surface area contributed by atoms with Gasteiger partial charge < -0.3 is 28.7 Å². The van der Waals surface area contributed by atoms with Crippen LogP contribution in [0.4, 0.5) is 15.9 Å². The monoisotopic (exact) mass is 876 g/mol. The van der Waals surface area contributed by atoms with Gasteiger partial charge in [0.15, 0.2) is 0 Å². The van der Waals surface area contributed by atoms with Crippen LogP contribution in [0.1, 0.15) is 88.9 Å². The van der Waals surface area contributed by atoms with Crippen molar-refractivity contribution in [3.05, 3.63) is 115 Å². The molecule has 3 aromatic heterocycles. The van der Waals surface area contributed by atoms with E-state index in [1.165, 1.54) is 28.1 Å². The second-order valence-corrected chi connectivity index (χ2v) is 18.2. The predicted molar refractivity (Wildman–Crippen MR) is 247 cm³/mol. The second-order valence-electron chi connectivity index (χ2n) is 18.2. The number of fused-ring (bicyclic) bond motifs is 7. The number of esters is 1. The van der Waals surface area contributed by atoms with Crippen LogP contribution in [0.25, 0.3) is 33.1 Å². The molecule has 5 aliphatic rings. The van der Waals surface area contributed by atoms with Crippen LogP contribution in [-0.2, 0) is 46.9 Å². The Hall–Kier alpha value is -6.41. The maximum absolute atomic E-state index is 15.6. The minimum Gasteiger partial charge on any atom is -0.467 e. The van der Waals surface area contributed by atoms with Crippen molar-refractivity contribution in [2.24, 2.45) is 0 Å². The normalized spacial score (nSPS) is 18.8. The van der Waals surface area contributed by atoms with Gasteiger partial charge in [0.25, 0.3) is 5.56 Å². The van der Waals surface area contributed by atoms with Gasteiger partial charge in [0.05, 0.1) is 60.8 Å². The van der Waals surface area contributed by atoms with Crippen molar-refractivity contribution in [2.75, 3.05) is 62.7 Å². The summed E-state index contributed by atoms with van der Waals surface area (Å²) in [6.45, 7) is 12.9. The first-order chi connectivity index (χ1) is 31.6. The fraction of sp³-hybridized carbons (Fsp3) is 0.412. The molecule has 334 valence electrons. The topological polar surface area (TPSA) is 126 Å². The molecule has 1 aliphatic carbocycles. The number of likely N-dealkylation sites (N-methyl/N-ethyl adjacent to an activating group) is 1. The average molecular weight is 877 g/mol. The molecule has 11 rings (SSSR count). The zero-order chi connectivity index (χ0) is 44.8. The van der Waals surface area contributed by atoms with Gasteiger partial charge in [-0.15, -0.1) is 0 Å². The van der Waals surface area contributed by atoms with Crippen LogP contribution in [0.3, 0.4) is 0 Å². The number of nitrogens with zero attached hydrogens (tertiary/aromatic N) is 8. The minimum atomic E-state index is -0.533. The van der Waals surface area contributed by atoms with Gasteiger partial charge in [-0.2, -0.15) is 9.97 Å². The Morgan fingerprint density at radius 1 is 0.892 bits per heavy atom. The van der Waals surface area contributed by atoms with Crippen molar-refractivity contribution in [2.45, 2.75) is 85.0 Å². The molecule has 14 heteroatoms. The molecule has 0 radical (unpaired) electrons. The fourth-order valence-corrected chi connectivity index (χ4v) is 11.5. The molecule has 2 atom stereocenters. The summed E-state index contributed by atoms with van der Waals surface area (Å²) < 4.78 is 28.5. The molecule has 4 aliphatic heterocycles.